The summed E-state index contributed by atoms with van der Waals surface area (Å²) in [6.07, 6.45) is 3.43. The van der Waals surface area contributed by atoms with Crippen molar-refractivity contribution in [3.8, 4) is 22.8 Å². The van der Waals surface area contributed by atoms with Gasteiger partial charge in [-0.2, -0.15) is 0 Å². The topological polar surface area (TPSA) is 130 Å². The number of amides is 1. The Morgan fingerprint density at radius 2 is 1.87 bits per heavy atom. The molecule has 30 heavy (non-hydrogen) atoms. The molecule has 5 N–H and O–H groups in total. The molecule has 152 valence electrons. The molecular weight excluding hydrogens is 384 g/mol. The van der Waals surface area contributed by atoms with Crippen molar-refractivity contribution in [3.63, 3.8) is 0 Å². The average Bonchev–Trinajstić information content (AvgIpc) is 3.23. The number of anilines is 3. The van der Waals surface area contributed by atoms with Crippen LogP contribution in [0.25, 0.3) is 16.9 Å². The van der Waals surface area contributed by atoms with Crippen molar-refractivity contribution in [2.45, 2.75) is 0 Å². The summed E-state index contributed by atoms with van der Waals surface area (Å²) in [5, 5.41) is 3.17. The number of nitrogens with one attached hydrogen (secondary N) is 1. The minimum absolute atomic E-state index is 0.265. The molecular formula is C21H20N6O3. The maximum atomic E-state index is 11.9. The van der Waals surface area contributed by atoms with Gasteiger partial charge in [0.1, 0.15) is 5.65 Å². The monoisotopic (exact) mass is 404 g/mol. The predicted octanol–water partition coefficient (Wildman–Crippen LogP) is 2.84. The van der Waals surface area contributed by atoms with Gasteiger partial charge in [0.2, 0.25) is 5.95 Å². The van der Waals surface area contributed by atoms with E-state index in [1.165, 1.54) is 6.07 Å². The van der Waals surface area contributed by atoms with Crippen LogP contribution in [0.4, 0.5) is 17.3 Å². The first-order valence-corrected chi connectivity index (χ1v) is 9.03. The minimum Gasteiger partial charge on any atom is -0.493 e. The van der Waals surface area contributed by atoms with Crippen LogP contribution in [-0.2, 0) is 0 Å². The summed E-state index contributed by atoms with van der Waals surface area (Å²) >= 11 is 0. The van der Waals surface area contributed by atoms with Crippen molar-refractivity contribution in [2.75, 3.05) is 25.3 Å². The van der Waals surface area contributed by atoms with Gasteiger partial charge in [0.15, 0.2) is 11.5 Å². The molecule has 0 spiro atoms. The summed E-state index contributed by atoms with van der Waals surface area (Å²) in [6.45, 7) is 0. The number of benzene rings is 2. The lowest BCUT2D eigenvalue weighted by molar-refractivity contribution is 0.100. The third-order valence-corrected chi connectivity index (χ3v) is 4.62. The smallest absolute Gasteiger partial charge is 0.250 e. The Labute approximate surface area is 172 Å². The van der Waals surface area contributed by atoms with Gasteiger partial charge in [-0.05, 0) is 36.4 Å². The van der Waals surface area contributed by atoms with Crippen LogP contribution >= 0.6 is 0 Å². The van der Waals surface area contributed by atoms with E-state index in [1.807, 2.05) is 24.3 Å². The first-order chi connectivity index (χ1) is 14.5. The zero-order valence-electron chi connectivity index (χ0n) is 16.4. The molecule has 0 saturated carbocycles. The Bertz CT molecular complexity index is 1250. The van der Waals surface area contributed by atoms with E-state index in [0.717, 1.165) is 5.56 Å². The van der Waals surface area contributed by atoms with Crippen LogP contribution < -0.4 is 26.3 Å². The van der Waals surface area contributed by atoms with Gasteiger partial charge in [-0.3, -0.25) is 9.20 Å². The fourth-order valence-electron chi connectivity index (χ4n) is 3.15. The number of primary amides is 1. The molecule has 2 heterocycles. The first-order valence-electron chi connectivity index (χ1n) is 9.03. The number of carbonyl (C=O) groups excluding carboxylic acids is 1. The van der Waals surface area contributed by atoms with Crippen LogP contribution in [0.1, 0.15) is 10.4 Å². The molecule has 0 aliphatic carbocycles. The molecule has 0 aliphatic rings. The molecule has 2 aromatic carbocycles. The highest BCUT2D eigenvalue weighted by atomic mass is 16.5. The molecule has 4 aromatic rings. The second kappa shape index (κ2) is 7.63. The molecule has 0 unspecified atom stereocenters. The van der Waals surface area contributed by atoms with Gasteiger partial charge in [-0.15, -0.1) is 0 Å². The molecule has 0 bridgehead atoms. The fourth-order valence-corrected chi connectivity index (χ4v) is 3.15. The van der Waals surface area contributed by atoms with E-state index >= 15 is 0 Å². The lowest BCUT2D eigenvalue weighted by atomic mass is 10.1. The summed E-state index contributed by atoms with van der Waals surface area (Å²) in [6, 6.07) is 12.3. The number of hydrogen-bond donors (Lipinski definition) is 3. The van der Waals surface area contributed by atoms with Crippen LogP contribution in [0.2, 0.25) is 0 Å². The average molecular weight is 404 g/mol. The summed E-state index contributed by atoms with van der Waals surface area (Å²) < 4.78 is 12.5. The molecule has 0 saturated heterocycles. The van der Waals surface area contributed by atoms with Crippen LogP contribution in [0.3, 0.4) is 0 Å². The molecule has 0 atom stereocenters. The summed E-state index contributed by atoms with van der Waals surface area (Å²) in [5.74, 6) is 1.07. The number of ether oxygens (including phenoxy) is 2. The normalized spacial score (nSPS) is 10.7. The van der Waals surface area contributed by atoms with Crippen molar-refractivity contribution in [3.05, 3.63) is 60.4 Å². The number of imidazole rings is 1. The number of nitrogens with zero attached hydrogens (tertiary/aromatic N) is 3. The third-order valence-electron chi connectivity index (χ3n) is 4.62. The van der Waals surface area contributed by atoms with Crippen LogP contribution in [0.15, 0.2) is 54.9 Å². The van der Waals surface area contributed by atoms with E-state index in [-0.39, 0.29) is 5.56 Å². The van der Waals surface area contributed by atoms with Gasteiger partial charge in [0, 0.05) is 29.7 Å². The molecule has 2 aromatic heterocycles. The van der Waals surface area contributed by atoms with Gasteiger partial charge in [-0.1, -0.05) is 0 Å². The Balaban J connectivity index is 1.83. The maximum absolute atomic E-state index is 11.9. The lowest BCUT2D eigenvalue weighted by Gasteiger charge is -2.14. The number of carbonyl (C=O) groups is 1. The summed E-state index contributed by atoms with van der Waals surface area (Å²) in [4.78, 5) is 21.0. The summed E-state index contributed by atoms with van der Waals surface area (Å²) in [5.41, 5.74) is 14.6. The predicted molar refractivity (Wildman–Crippen MR) is 114 cm³/mol. The van der Waals surface area contributed by atoms with E-state index in [9.17, 15) is 4.79 Å². The number of nitrogens with two attached hydrogens (primary N) is 2. The quantitative estimate of drug-likeness (QED) is 0.421. The number of aromatic nitrogens is 3. The molecule has 9 nitrogen and oxygen atoms in total. The van der Waals surface area contributed by atoms with Crippen molar-refractivity contribution in [1.82, 2.24) is 14.4 Å². The van der Waals surface area contributed by atoms with Crippen molar-refractivity contribution >= 4 is 28.9 Å². The number of fused-ring (bicyclic) bond motifs is 1. The van der Waals surface area contributed by atoms with E-state index in [1.54, 1.807) is 43.1 Å². The highest BCUT2D eigenvalue weighted by Gasteiger charge is 2.14. The van der Waals surface area contributed by atoms with E-state index in [2.05, 4.69) is 10.3 Å². The van der Waals surface area contributed by atoms with E-state index < -0.39 is 5.91 Å². The molecule has 0 radical (unpaired) electrons. The molecule has 0 fully saturated rings. The maximum Gasteiger partial charge on any atom is 0.250 e. The zero-order chi connectivity index (χ0) is 21.3. The van der Waals surface area contributed by atoms with Crippen molar-refractivity contribution in [1.29, 1.82) is 0 Å². The van der Waals surface area contributed by atoms with E-state index in [4.69, 9.17) is 25.9 Å². The Morgan fingerprint density at radius 1 is 1.07 bits per heavy atom. The molecule has 4 rings (SSSR count). The molecule has 9 heteroatoms. The number of nitrogen functional groups attached to an aromatic ring is 1. The Morgan fingerprint density at radius 3 is 2.60 bits per heavy atom. The molecule has 1 amide bonds. The standard InChI is InChI=1S/C21H20N6O3/c1-29-17-6-3-12(9-18(17)30-2)16-11-19-24-7-8-27(19)21(26-16)25-15-5-4-13(22)10-14(15)20(23)28/h3-11H,22H2,1-2H3,(H2,23,28)(H,25,26). The van der Waals surface area contributed by atoms with Gasteiger partial charge >= 0.3 is 0 Å². The number of hydrogen-bond acceptors (Lipinski definition) is 7. The van der Waals surface area contributed by atoms with Crippen molar-refractivity contribution in [2.24, 2.45) is 5.73 Å². The highest BCUT2D eigenvalue weighted by Crippen LogP contribution is 2.33. The number of rotatable bonds is 6. The fraction of sp³-hybridized carbons (Fsp3) is 0.0952. The van der Waals surface area contributed by atoms with Gasteiger partial charge < -0.3 is 26.3 Å². The Hall–Kier alpha value is -4.27. The summed E-state index contributed by atoms with van der Waals surface area (Å²) in [7, 11) is 3.16. The second-order valence-electron chi connectivity index (χ2n) is 6.48. The highest BCUT2D eigenvalue weighted by molar-refractivity contribution is 6.00. The van der Waals surface area contributed by atoms with Crippen LogP contribution in [0, 0.1) is 0 Å². The van der Waals surface area contributed by atoms with E-state index in [0.29, 0.717) is 40.2 Å². The van der Waals surface area contributed by atoms with Crippen LogP contribution in [-0.4, -0.2) is 34.5 Å². The number of methoxy groups -OCH3 is 2. The second-order valence-corrected chi connectivity index (χ2v) is 6.48. The largest absolute Gasteiger partial charge is 0.493 e. The zero-order valence-corrected chi connectivity index (χ0v) is 16.4. The minimum atomic E-state index is -0.595. The Kier molecular flexibility index (Phi) is 4.85. The van der Waals surface area contributed by atoms with Crippen molar-refractivity contribution < 1.29 is 14.3 Å². The van der Waals surface area contributed by atoms with Crippen LogP contribution in [0.5, 0.6) is 11.5 Å². The van der Waals surface area contributed by atoms with Gasteiger partial charge in [0.05, 0.1) is 31.2 Å². The first kappa shape index (κ1) is 19.1. The molecule has 0 aliphatic heterocycles. The third kappa shape index (κ3) is 3.44. The lowest BCUT2D eigenvalue weighted by Crippen LogP contribution is -2.14. The van der Waals surface area contributed by atoms with Gasteiger partial charge in [0.25, 0.3) is 5.91 Å². The van der Waals surface area contributed by atoms with Gasteiger partial charge in [-0.25, -0.2) is 9.97 Å². The SMILES string of the molecule is COc1ccc(-c2cc3nccn3c(Nc3ccc(N)cc3C(N)=O)n2)cc1OC.